The zero-order valence-electron chi connectivity index (χ0n) is 18.8. The number of phenols is 1. The van der Waals surface area contributed by atoms with Crippen molar-refractivity contribution in [1.82, 2.24) is 9.88 Å². The highest BCUT2D eigenvalue weighted by molar-refractivity contribution is 5.54. The van der Waals surface area contributed by atoms with Gasteiger partial charge in [0.25, 0.3) is 0 Å². The van der Waals surface area contributed by atoms with Gasteiger partial charge in [-0.25, -0.2) is 4.98 Å². The van der Waals surface area contributed by atoms with E-state index in [9.17, 15) is 10.2 Å². The summed E-state index contributed by atoms with van der Waals surface area (Å²) in [5, 5.41) is 20.8. The van der Waals surface area contributed by atoms with Crippen molar-refractivity contribution in [2.75, 3.05) is 24.5 Å². The summed E-state index contributed by atoms with van der Waals surface area (Å²) in [6.45, 7) is 4.85. The lowest BCUT2D eigenvalue weighted by atomic mass is 9.43. The number of aromatic nitrogens is 1. The maximum atomic E-state index is 10.5. The number of anilines is 1. The second kappa shape index (κ2) is 6.48. The highest BCUT2D eigenvalue weighted by atomic mass is 16.3. The number of phenolic OH excluding ortho intramolecular Hbond substituents is 1. The third-order valence-electron chi connectivity index (χ3n) is 10.0. The van der Waals surface area contributed by atoms with Gasteiger partial charge in [-0.3, -0.25) is 4.90 Å². The first-order valence-electron chi connectivity index (χ1n) is 12.5. The number of hydrogen-bond donors (Lipinski definition) is 2. The Kier molecular flexibility index (Phi) is 3.92. The van der Waals surface area contributed by atoms with Crippen LogP contribution in [0.5, 0.6) is 5.75 Å². The number of nitrogens with zero attached hydrogens (tertiary/aromatic N) is 3. The Morgan fingerprint density at radius 3 is 2.94 bits per heavy atom. The predicted molar refractivity (Wildman–Crippen MR) is 124 cm³/mol. The molecular formula is C27H33N3O2. The lowest BCUT2D eigenvalue weighted by molar-refractivity contribution is -0.0989. The molecule has 2 saturated carbocycles. The molecule has 2 saturated heterocycles. The van der Waals surface area contributed by atoms with Crippen LogP contribution in [0, 0.1) is 17.3 Å². The predicted octanol–water partition coefficient (Wildman–Crippen LogP) is 3.34. The van der Waals surface area contributed by atoms with E-state index in [2.05, 4.69) is 34.1 Å². The zero-order valence-corrected chi connectivity index (χ0v) is 18.8. The van der Waals surface area contributed by atoms with Crippen LogP contribution >= 0.6 is 0 Å². The van der Waals surface area contributed by atoms with Gasteiger partial charge in [-0.1, -0.05) is 12.1 Å². The van der Waals surface area contributed by atoms with Crippen molar-refractivity contribution in [2.45, 2.75) is 62.6 Å². The highest BCUT2D eigenvalue weighted by Crippen LogP contribution is 2.75. The third-order valence-corrected chi connectivity index (χ3v) is 10.0. The van der Waals surface area contributed by atoms with E-state index in [1.54, 1.807) is 0 Å². The molecule has 0 amide bonds. The van der Waals surface area contributed by atoms with Crippen LogP contribution in [-0.4, -0.2) is 57.9 Å². The molecule has 7 atom stereocenters. The molecule has 1 aromatic heterocycles. The molecule has 2 N–H and O–H groups in total. The van der Waals surface area contributed by atoms with Gasteiger partial charge in [0.05, 0.1) is 6.10 Å². The van der Waals surface area contributed by atoms with Crippen LogP contribution in [0.1, 0.15) is 43.7 Å². The molecule has 5 heteroatoms. The van der Waals surface area contributed by atoms with E-state index in [4.69, 9.17) is 4.98 Å². The Morgan fingerprint density at radius 1 is 1.22 bits per heavy atom. The summed E-state index contributed by atoms with van der Waals surface area (Å²) < 4.78 is 0. The second-order valence-electron chi connectivity index (χ2n) is 11.2. The molecule has 3 aliphatic carbocycles. The van der Waals surface area contributed by atoms with Gasteiger partial charge in [-0.15, -0.1) is 0 Å². The molecule has 0 spiro atoms. The first-order valence-corrected chi connectivity index (χ1v) is 12.5. The monoisotopic (exact) mass is 431 g/mol. The van der Waals surface area contributed by atoms with Gasteiger partial charge in [0.2, 0.25) is 0 Å². The quantitative estimate of drug-likeness (QED) is 0.781. The van der Waals surface area contributed by atoms with Crippen LogP contribution in [0.4, 0.5) is 5.82 Å². The minimum Gasteiger partial charge on any atom is -0.508 e. The number of aliphatic hydroxyl groups excluding tert-OH is 1. The number of β-amino-alcohol motifs (C(OH)–C–C–N with tert-alkyl or cyclic N) is 1. The van der Waals surface area contributed by atoms with Gasteiger partial charge in [-0.05, 0) is 98.2 Å². The number of likely N-dealkylation sites (tertiary alicyclic amines) is 1. The minimum atomic E-state index is -0.294. The highest BCUT2D eigenvalue weighted by Gasteiger charge is 2.76. The number of rotatable bonds is 3. The van der Waals surface area contributed by atoms with E-state index in [-0.39, 0.29) is 16.9 Å². The molecule has 4 fully saturated rings. The maximum Gasteiger partial charge on any atom is 0.128 e. The zero-order chi connectivity index (χ0) is 21.7. The van der Waals surface area contributed by atoms with E-state index in [1.165, 1.54) is 30.4 Å². The lowest BCUT2D eigenvalue weighted by Crippen LogP contribution is -2.70. The van der Waals surface area contributed by atoms with Crippen molar-refractivity contribution in [3.05, 3.63) is 53.7 Å². The fourth-order valence-corrected chi connectivity index (χ4v) is 9.44. The Bertz CT molecular complexity index is 1060. The van der Waals surface area contributed by atoms with Crippen LogP contribution < -0.4 is 4.90 Å². The van der Waals surface area contributed by atoms with E-state index in [1.807, 2.05) is 25.3 Å². The Hall–Kier alpha value is -2.11. The first-order chi connectivity index (χ1) is 15.5. The summed E-state index contributed by atoms with van der Waals surface area (Å²) in [7, 11) is 0. The van der Waals surface area contributed by atoms with Gasteiger partial charge in [-0.2, -0.15) is 0 Å². The molecule has 3 heterocycles. The summed E-state index contributed by atoms with van der Waals surface area (Å²) in [6.07, 6.45) is 7.56. The van der Waals surface area contributed by atoms with Gasteiger partial charge in [0, 0.05) is 36.8 Å². The molecule has 0 radical (unpaired) electrons. The van der Waals surface area contributed by atoms with E-state index >= 15 is 0 Å². The van der Waals surface area contributed by atoms with Crippen molar-refractivity contribution in [3.8, 4) is 5.75 Å². The van der Waals surface area contributed by atoms with Crippen LogP contribution in [0.2, 0.25) is 0 Å². The summed E-state index contributed by atoms with van der Waals surface area (Å²) in [5.41, 5.74) is 3.28. The molecule has 7 rings (SSSR count). The second-order valence-corrected chi connectivity index (χ2v) is 11.2. The van der Waals surface area contributed by atoms with Crippen molar-refractivity contribution < 1.29 is 10.2 Å². The number of fused-ring (bicyclic) bond motifs is 1. The molecule has 5 nitrogen and oxygen atoms in total. The molecule has 4 bridgehead atoms. The maximum absolute atomic E-state index is 10.5. The molecular weight excluding hydrogens is 398 g/mol. The molecule has 1 aromatic carbocycles. The summed E-state index contributed by atoms with van der Waals surface area (Å²) >= 11 is 0. The fraction of sp³-hybridized carbons (Fsp3) is 0.593. The summed E-state index contributed by atoms with van der Waals surface area (Å²) in [5.74, 6) is 2.84. The number of hydrogen-bond acceptors (Lipinski definition) is 5. The first kappa shape index (κ1) is 19.4. The van der Waals surface area contributed by atoms with E-state index in [0.717, 1.165) is 38.3 Å². The van der Waals surface area contributed by atoms with Crippen LogP contribution in [0.3, 0.4) is 0 Å². The SMILES string of the molecule is C[C@H](O)CN1CCC23c4cc(O)ccc4CC1C21CCC2C3[C@@H](CN2c2ccccn2)C1. The van der Waals surface area contributed by atoms with Gasteiger partial charge in [0.15, 0.2) is 0 Å². The lowest BCUT2D eigenvalue weighted by Gasteiger charge is -2.66. The van der Waals surface area contributed by atoms with Crippen LogP contribution in [0.25, 0.3) is 0 Å². The fourth-order valence-electron chi connectivity index (χ4n) is 9.44. The standard InChI is InChI=1S/C27H33N3O2/c1-17(31)15-29-11-9-27-21-13-20(32)6-5-18(21)12-23(29)26(27)8-7-22-25(27)19(14-26)16-30(22)24-4-2-3-10-28-24/h2-6,10,13,17,19,22-23,25,31-32H,7-9,11-12,14-16H2,1H3/t17-,19+,22?,23?,25?,26?,27?/m0/s1. The Morgan fingerprint density at radius 2 is 2.12 bits per heavy atom. The summed E-state index contributed by atoms with van der Waals surface area (Å²) in [6, 6.07) is 13.5. The smallest absolute Gasteiger partial charge is 0.128 e. The van der Waals surface area contributed by atoms with Crippen molar-refractivity contribution in [1.29, 1.82) is 0 Å². The molecule has 5 unspecified atom stereocenters. The molecule has 2 aliphatic heterocycles. The number of pyridine rings is 1. The molecule has 32 heavy (non-hydrogen) atoms. The van der Waals surface area contributed by atoms with Crippen molar-refractivity contribution in [2.24, 2.45) is 17.3 Å². The summed E-state index contributed by atoms with van der Waals surface area (Å²) in [4.78, 5) is 9.97. The molecule has 2 aromatic rings. The van der Waals surface area contributed by atoms with Crippen molar-refractivity contribution >= 4 is 5.82 Å². The van der Waals surface area contributed by atoms with E-state index in [0.29, 0.717) is 29.7 Å². The number of benzene rings is 1. The normalized spacial score (nSPS) is 40.1. The average Bonchev–Trinajstić information content (AvgIpc) is 3.23. The topological polar surface area (TPSA) is 59.8 Å². The number of aliphatic hydroxyl groups is 1. The third kappa shape index (κ3) is 2.24. The Labute approximate surface area is 190 Å². The van der Waals surface area contributed by atoms with Gasteiger partial charge in [0.1, 0.15) is 11.6 Å². The average molecular weight is 432 g/mol. The minimum absolute atomic E-state index is 0.135. The molecule has 168 valence electrons. The number of piperidine rings is 1. The van der Waals surface area contributed by atoms with Gasteiger partial charge >= 0.3 is 0 Å². The number of aromatic hydroxyl groups is 1. The molecule has 5 aliphatic rings. The largest absolute Gasteiger partial charge is 0.508 e. The van der Waals surface area contributed by atoms with Crippen LogP contribution in [-0.2, 0) is 11.8 Å². The van der Waals surface area contributed by atoms with Crippen LogP contribution in [0.15, 0.2) is 42.6 Å². The van der Waals surface area contributed by atoms with E-state index < -0.39 is 0 Å². The Balaban J connectivity index is 1.40. The van der Waals surface area contributed by atoms with Crippen molar-refractivity contribution in [3.63, 3.8) is 0 Å². The van der Waals surface area contributed by atoms with Gasteiger partial charge < -0.3 is 15.1 Å².